The summed E-state index contributed by atoms with van der Waals surface area (Å²) in [5.74, 6) is 0.851. The van der Waals surface area contributed by atoms with Crippen molar-refractivity contribution in [3.05, 3.63) is 33.9 Å². The Kier molecular flexibility index (Phi) is 5.35. The van der Waals surface area contributed by atoms with Crippen molar-refractivity contribution in [1.82, 2.24) is 0 Å². The van der Waals surface area contributed by atoms with Crippen molar-refractivity contribution in [2.24, 2.45) is 5.92 Å². The average Bonchev–Trinajstić information content (AvgIpc) is 2.36. The lowest BCUT2D eigenvalue weighted by atomic mass is 9.83. The molecule has 0 amide bonds. The molecule has 20 heavy (non-hydrogen) atoms. The highest BCUT2D eigenvalue weighted by molar-refractivity contribution is 5.62. The minimum atomic E-state index is -0.362. The summed E-state index contributed by atoms with van der Waals surface area (Å²) in [6, 6.07) is 5.12. The molecule has 1 aliphatic rings. The minimum Gasteiger partial charge on any atom is -0.380 e. The molecule has 0 unspecified atom stereocenters. The molecular formula is C15H22N2O3. The van der Waals surface area contributed by atoms with Gasteiger partial charge in [-0.1, -0.05) is 19.3 Å². The lowest BCUT2D eigenvalue weighted by Crippen LogP contribution is -2.13. The van der Waals surface area contributed by atoms with Gasteiger partial charge in [-0.15, -0.1) is 0 Å². The van der Waals surface area contributed by atoms with E-state index in [4.69, 9.17) is 4.74 Å². The van der Waals surface area contributed by atoms with Crippen molar-refractivity contribution in [2.45, 2.75) is 39.2 Å². The van der Waals surface area contributed by atoms with Crippen LogP contribution in [0.3, 0.4) is 0 Å². The minimum absolute atomic E-state index is 0.116. The van der Waals surface area contributed by atoms with Crippen molar-refractivity contribution < 1.29 is 9.66 Å². The molecule has 1 saturated carbocycles. The Morgan fingerprint density at radius 1 is 1.45 bits per heavy atom. The molecule has 0 aliphatic heterocycles. The number of hydrogen-bond acceptors (Lipinski definition) is 4. The zero-order valence-corrected chi connectivity index (χ0v) is 11.9. The van der Waals surface area contributed by atoms with Gasteiger partial charge in [0.1, 0.15) is 5.69 Å². The summed E-state index contributed by atoms with van der Waals surface area (Å²) in [5.41, 5.74) is 1.66. The van der Waals surface area contributed by atoms with Gasteiger partial charge in [0.05, 0.1) is 11.5 Å². The van der Waals surface area contributed by atoms with Gasteiger partial charge < -0.3 is 10.1 Å². The fourth-order valence-corrected chi connectivity index (χ4v) is 2.39. The van der Waals surface area contributed by atoms with Crippen LogP contribution in [0.1, 0.15) is 38.2 Å². The maximum absolute atomic E-state index is 10.9. The first-order chi connectivity index (χ1) is 9.70. The Bertz CT molecular complexity index is 458. The molecule has 0 atom stereocenters. The third kappa shape index (κ3) is 3.93. The number of benzene rings is 1. The summed E-state index contributed by atoms with van der Waals surface area (Å²) in [6.07, 6.45) is 5.17. The van der Waals surface area contributed by atoms with Crippen molar-refractivity contribution >= 4 is 11.4 Å². The van der Waals surface area contributed by atoms with E-state index in [1.165, 1.54) is 19.3 Å². The Morgan fingerprint density at radius 3 is 2.85 bits per heavy atom. The van der Waals surface area contributed by atoms with Crippen LogP contribution < -0.4 is 5.32 Å². The molecule has 1 aromatic rings. The standard InChI is InChI=1S/C15H22N2O3/c1-2-16-14-10-13(6-7-15(14)17(18)19)11-20-9-8-12-4-3-5-12/h6-7,10,12,16H,2-5,8-9,11H2,1H3. The fraction of sp³-hybridized carbons (Fsp3) is 0.600. The molecule has 110 valence electrons. The lowest BCUT2D eigenvalue weighted by molar-refractivity contribution is -0.384. The van der Waals surface area contributed by atoms with Crippen molar-refractivity contribution in [2.75, 3.05) is 18.5 Å². The van der Waals surface area contributed by atoms with Gasteiger partial charge >= 0.3 is 0 Å². The normalized spacial score (nSPS) is 14.8. The molecule has 0 aromatic heterocycles. The second kappa shape index (κ2) is 7.24. The lowest BCUT2D eigenvalue weighted by Gasteiger charge is -2.24. The van der Waals surface area contributed by atoms with Crippen LogP contribution >= 0.6 is 0 Å². The summed E-state index contributed by atoms with van der Waals surface area (Å²) < 4.78 is 5.66. The molecule has 0 bridgehead atoms. The monoisotopic (exact) mass is 278 g/mol. The molecular weight excluding hydrogens is 256 g/mol. The zero-order valence-electron chi connectivity index (χ0n) is 11.9. The van der Waals surface area contributed by atoms with Crippen LogP contribution in [-0.2, 0) is 11.3 Å². The van der Waals surface area contributed by atoms with E-state index in [1.54, 1.807) is 12.1 Å². The largest absolute Gasteiger partial charge is 0.380 e. The predicted molar refractivity (Wildman–Crippen MR) is 78.9 cm³/mol. The van der Waals surface area contributed by atoms with Gasteiger partial charge in [-0.3, -0.25) is 10.1 Å². The maximum atomic E-state index is 10.9. The number of nitro groups is 1. The Morgan fingerprint density at radius 2 is 2.25 bits per heavy atom. The molecule has 1 aliphatic carbocycles. The van der Waals surface area contributed by atoms with E-state index in [1.807, 2.05) is 13.0 Å². The number of hydrogen-bond donors (Lipinski definition) is 1. The van der Waals surface area contributed by atoms with Crippen molar-refractivity contribution in [3.63, 3.8) is 0 Å². The fourth-order valence-electron chi connectivity index (χ4n) is 2.39. The average molecular weight is 278 g/mol. The van der Waals surface area contributed by atoms with Gasteiger partial charge in [-0.2, -0.15) is 0 Å². The van der Waals surface area contributed by atoms with Crippen molar-refractivity contribution in [1.29, 1.82) is 0 Å². The molecule has 1 fully saturated rings. The summed E-state index contributed by atoms with van der Waals surface area (Å²) in [7, 11) is 0. The molecule has 1 aromatic carbocycles. The molecule has 5 heteroatoms. The molecule has 0 heterocycles. The number of anilines is 1. The van der Waals surface area contributed by atoms with Gasteiger partial charge in [0, 0.05) is 19.2 Å². The second-order valence-corrected chi connectivity index (χ2v) is 5.28. The van der Waals surface area contributed by atoms with Crippen LogP contribution in [0, 0.1) is 16.0 Å². The highest BCUT2D eigenvalue weighted by Crippen LogP contribution is 2.29. The van der Waals surface area contributed by atoms with Crippen molar-refractivity contribution in [3.8, 4) is 0 Å². The number of ether oxygens (including phenoxy) is 1. The first-order valence-corrected chi connectivity index (χ1v) is 7.29. The van der Waals surface area contributed by atoms with Gasteiger partial charge in [0.15, 0.2) is 0 Å². The van der Waals surface area contributed by atoms with Gasteiger partial charge in [-0.05, 0) is 37.0 Å². The third-order valence-corrected chi connectivity index (χ3v) is 3.79. The van der Waals surface area contributed by atoms with Crippen LogP contribution in [0.25, 0.3) is 0 Å². The van der Waals surface area contributed by atoms with Crippen LogP contribution in [0.4, 0.5) is 11.4 Å². The topological polar surface area (TPSA) is 64.4 Å². The molecule has 5 nitrogen and oxygen atoms in total. The van der Waals surface area contributed by atoms with E-state index in [9.17, 15) is 10.1 Å². The second-order valence-electron chi connectivity index (χ2n) is 5.28. The summed E-state index contributed by atoms with van der Waals surface area (Å²) >= 11 is 0. The Labute approximate surface area is 119 Å². The highest BCUT2D eigenvalue weighted by atomic mass is 16.6. The quantitative estimate of drug-likeness (QED) is 0.447. The molecule has 0 radical (unpaired) electrons. The Balaban J connectivity index is 1.86. The maximum Gasteiger partial charge on any atom is 0.292 e. The third-order valence-electron chi connectivity index (χ3n) is 3.79. The van der Waals surface area contributed by atoms with E-state index in [0.29, 0.717) is 18.8 Å². The smallest absolute Gasteiger partial charge is 0.292 e. The van der Waals surface area contributed by atoms with Crippen LogP contribution in [0.5, 0.6) is 0 Å². The summed E-state index contributed by atoms with van der Waals surface area (Å²) in [4.78, 5) is 10.6. The molecule has 0 spiro atoms. The SMILES string of the molecule is CCNc1cc(COCCC2CCC2)ccc1[N+](=O)[O-]. The predicted octanol–water partition coefficient (Wildman–Crippen LogP) is 3.73. The van der Waals surface area contributed by atoms with Crippen LogP contribution in [-0.4, -0.2) is 18.1 Å². The van der Waals surface area contributed by atoms with Gasteiger partial charge in [0.25, 0.3) is 5.69 Å². The van der Waals surface area contributed by atoms with E-state index >= 15 is 0 Å². The van der Waals surface area contributed by atoms with Gasteiger partial charge in [-0.25, -0.2) is 0 Å². The highest BCUT2D eigenvalue weighted by Gasteiger charge is 2.17. The first-order valence-electron chi connectivity index (χ1n) is 7.29. The van der Waals surface area contributed by atoms with E-state index < -0.39 is 0 Å². The van der Waals surface area contributed by atoms with E-state index in [0.717, 1.165) is 24.5 Å². The summed E-state index contributed by atoms with van der Waals surface area (Å²) in [6.45, 7) is 3.87. The van der Waals surface area contributed by atoms with E-state index in [2.05, 4.69) is 5.32 Å². The number of nitrogens with one attached hydrogen (secondary N) is 1. The molecule has 2 rings (SSSR count). The van der Waals surface area contributed by atoms with Crippen LogP contribution in [0.2, 0.25) is 0 Å². The van der Waals surface area contributed by atoms with E-state index in [-0.39, 0.29) is 10.6 Å². The van der Waals surface area contributed by atoms with Gasteiger partial charge in [0.2, 0.25) is 0 Å². The molecule has 1 N–H and O–H groups in total. The zero-order chi connectivity index (χ0) is 14.4. The molecule has 0 saturated heterocycles. The van der Waals surface area contributed by atoms with Crippen LogP contribution in [0.15, 0.2) is 18.2 Å². The number of nitrogens with zero attached hydrogens (tertiary/aromatic N) is 1. The number of rotatable bonds is 8. The Hall–Kier alpha value is -1.62. The number of nitro benzene ring substituents is 1. The first kappa shape index (κ1) is 14.8. The summed E-state index contributed by atoms with van der Waals surface area (Å²) in [5, 5.41) is 13.9.